The van der Waals surface area contributed by atoms with Gasteiger partial charge in [0.1, 0.15) is 0 Å². The van der Waals surface area contributed by atoms with Crippen LogP contribution < -0.4 is 5.32 Å². The Hall–Kier alpha value is -3.13. The van der Waals surface area contributed by atoms with Gasteiger partial charge in [-0.1, -0.05) is 36.4 Å². The molecule has 27 heavy (non-hydrogen) atoms. The summed E-state index contributed by atoms with van der Waals surface area (Å²) in [7, 11) is 0. The van der Waals surface area contributed by atoms with E-state index < -0.39 is 0 Å². The Labute approximate surface area is 158 Å². The molecular weight excluding hydrogens is 336 g/mol. The highest BCUT2D eigenvalue weighted by atomic mass is 16.1. The summed E-state index contributed by atoms with van der Waals surface area (Å²) in [6, 6.07) is 16.7. The molecule has 0 saturated heterocycles. The third kappa shape index (κ3) is 3.70. The second-order valence-electron chi connectivity index (χ2n) is 7.17. The summed E-state index contributed by atoms with van der Waals surface area (Å²) in [5, 5.41) is 12.2. The highest BCUT2D eigenvalue weighted by molar-refractivity contribution is 5.82. The summed E-state index contributed by atoms with van der Waals surface area (Å²) in [6.07, 6.45) is 7.37. The van der Waals surface area contributed by atoms with Gasteiger partial charge in [0.2, 0.25) is 5.91 Å². The molecule has 2 aromatic heterocycles. The van der Waals surface area contributed by atoms with Crippen LogP contribution in [0.15, 0.2) is 55.0 Å². The zero-order valence-corrected chi connectivity index (χ0v) is 15.1. The molecule has 136 valence electrons. The van der Waals surface area contributed by atoms with Crippen LogP contribution in [0.5, 0.6) is 0 Å². The molecule has 1 aliphatic carbocycles. The third-order valence-electron chi connectivity index (χ3n) is 5.38. The Kier molecular flexibility index (Phi) is 4.88. The van der Waals surface area contributed by atoms with E-state index >= 15 is 0 Å². The summed E-state index contributed by atoms with van der Waals surface area (Å²) < 4.78 is 1.99. The van der Waals surface area contributed by atoms with Gasteiger partial charge in [0.15, 0.2) is 0 Å². The maximum atomic E-state index is 12.8. The summed E-state index contributed by atoms with van der Waals surface area (Å²) in [6.45, 7) is 0. The first kappa shape index (κ1) is 17.3. The molecule has 2 heterocycles. The van der Waals surface area contributed by atoms with E-state index in [2.05, 4.69) is 34.6 Å². The molecule has 1 fully saturated rings. The zero-order chi connectivity index (χ0) is 18.6. The number of nitrogens with one attached hydrogen (secondary N) is 1. The van der Waals surface area contributed by atoms with Gasteiger partial charge in [-0.25, -0.2) is 4.98 Å². The van der Waals surface area contributed by atoms with E-state index in [0.717, 1.165) is 48.0 Å². The number of hydrogen-bond acceptors (Lipinski definition) is 3. The van der Waals surface area contributed by atoms with Crippen molar-refractivity contribution in [2.75, 3.05) is 0 Å². The van der Waals surface area contributed by atoms with Gasteiger partial charge in [0.05, 0.1) is 30.5 Å². The lowest BCUT2D eigenvalue weighted by atomic mass is 9.87. The van der Waals surface area contributed by atoms with Gasteiger partial charge in [-0.05, 0) is 37.3 Å². The van der Waals surface area contributed by atoms with Crippen molar-refractivity contribution in [1.29, 1.82) is 5.26 Å². The summed E-state index contributed by atoms with van der Waals surface area (Å²) >= 11 is 0. The summed E-state index contributed by atoms with van der Waals surface area (Å²) in [5.41, 5.74) is 4.06. The maximum Gasteiger partial charge on any atom is 0.226 e. The first-order valence-corrected chi connectivity index (χ1v) is 9.43. The number of pyridine rings is 1. The Morgan fingerprint density at radius 1 is 1.15 bits per heavy atom. The van der Waals surface area contributed by atoms with Crippen molar-refractivity contribution in [1.82, 2.24) is 14.7 Å². The van der Waals surface area contributed by atoms with Crippen molar-refractivity contribution in [2.45, 2.75) is 38.1 Å². The van der Waals surface area contributed by atoms with Crippen LogP contribution in [-0.2, 0) is 11.2 Å². The number of carbonyl (C=O) groups excluding carboxylic acids is 1. The van der Waals surface area contributed by atoms with Crippen LogP contribution in [0.2, 0.25) is 0 Å². The molecule has 0 aliphatic heterocycles. The van der Waals surface area contributed by atoms with E-state index in [-0.39, 0.29) is 17.9 Å². The Balaban J connectivity index is 1.57. The van der Waals surface area contributed by atoms with E-state index in [1.165, 1.54) is 0 Å². The smallest absolute Gasteiger partial charge is 0.226 e. The van der Waals surface area contributed by atoms with Crippen molar-refractivity contribution in [2.24, 2.45) is 5.92 Å². The molecule has 0 unspecified atom stereocenters. The van der Waals surface area contributed by atoms with Crippen LogP contribution >= 0.6 is 0 Å². The molecule has 0 radical (unpaired) electrons. The monoisotopic (exact) mass is 358 g/mol. The van der Waals surface area contributed by atoms with Gasteiger partial charge < -0.3 is 9.72 Å². The molecule has 1 aromatic carbocycles. The number of fused-ring (bicyclic) bond motifs is 1. The number of hydrogen-bond donors (Lipinski definition) is 1. The van der Waals surface area contributed by atoms with Crippen molar-refractivity contribution in [3.63, 3.8) is 0 Å². The fourth-order valence-corrected chi connectivity index (χ4v) is 3.91. The predicted molar refractivity (Wildman–Crippen MR) is 104 cm³/mol. The minimum absolute atomic E-state index is 0.0220. The van der Waals surface area contributed by atoms with Crippen molar-refractivity contribution < 1.29 is 4.79 Å². The van der Waals surface area contributed by atoms with Crippen LogP contribution in [0.4, 0.5) is 0 Å². The SMILES string of the molecule is N#CC1CCC(NC(=O)Cc2c(-c3ccccc3)ccc3cncn23)CC1. The summed E-state index contributed by atoms with van der Waals surface area (Å²) in [4.78, 5) is 17.0. The number of aromatic nitrogens is 2. The van der Waals surface area contributed by atoms with Crippen LogP contribution in [0.3, 0.4) is 0 Å². The van der Waals surface area contributed by atoms with Gasteiger partial charge in [0, 0.05) is 23.2 Å². The van der Waals surface area contributed by atoms with Crippen LogP contribution in [0, 0.1) is 17.2 Å². The minimum Gasteiger partial charge on any atom is -0.353 e. The first-order valence-electron chi connectivity index (χ1n) is 9.43. The molecule has 1 saturated carbocycles. The van der Waals surface area contributed by atoms with Gasteiger partial charge >= 0.3 is 0 Å². The Morgan fingerprint density at radius 3 is 2.67 bits per heavy atom. The third-order valence-corrected chi connectivity index (χ3v) is 5.38. The highest BCUT2D eigenvalue weighted by Gasteiger charge is 2.23. The second-order valence-corrected chi connectivity index (χ2v) is 7.17. The number of nitrogens with zero attached hydrogens (tertiary/aromatic N) is 3. The van der Waals surface area contributed by atoms with Crippen LogP contribution in [0.1, 0.15) is 31.4 Å². The maximum absolute atomic E-state index is 12.8. The largest absolute Gasteiger partial charge is 0.353 e. The number of benzene rings is 1. The average molecular weight is 358 g/mol. The number of imidazole rings is 1. The fourth-order valence-electron chi connectivity index (χ4n) is 3.91. The topological polar surface area (TPSA) is 70.2 Å². The summed E-state index contributed by atoms with van der Waals surface area (Å²) in [5.74, 6) is 0.163. The van der Waals surface area contributed by atoms with Crippen molar-refractivity contribution in [3.8, 4) is 17.2 Å². The molecule has 1 amide bonds. The van der Waals surface area contributed by atoms with Gasteiger partial charge in [-0.3, -0.25) is 4.79 Å². The Morgan fingerprint density at radius 2 is 1.93 bits per heavy atom. The Bertz CT molecular complexity index is 978. The standard InChI is InChI=1S/C22H22N4O/c23-13-16-6-8-18(9-7-16)25-22(27)12-21-20(17-4-2-1-3-5-17)11-10-19-14-24-15-26(19)21/h1-5,10-11,14-16,18H,6-9,12H2,(H,25,27). The van der Waals surface area contributed by atoms with Gasteiger partial charge in [-0.2, -0.15) is 5.26 Å². The zero-order valence-electron chi connectivity index (χ0n) is 15.1. The lowest BCUT2D eigenvalue weighted by Gasteiger charge is -2.25. The first-order chi connectivity index (χ1) is 13.2. The average Bonchev–Trinajstić information content (AvgIpc) is 3.19. The molecule has 3 aromatic rings. The van der Waals surface area contributed by atoms with Crippen LogP contribution in [-0.4, -0.2) is 21.3 Å². The normalized spacial score (nSPS) is 19.5. The molecule has 0 bridgehead atoms. The molecule has 1 N–H and O–H groups in total. The fraction of sp³-hybridized carbons (Fsp3) is 0.318. The molecule has 5 nitrogen and oxygen atoms in total. The van der Waals surface area contributed by atoms with Crippen molar-refractivity contribution in [3.05, 3.63) is 60.7 Å². The van der Waals surface area contributed by atoms with Gasteiger partial charge in [-0.15, -0.1) is 0 Å². The van der Waals surface area contributed by atoms with E-state index in [9.17, 15) is 4.79 Å². The van der Waals surface area contributed by atoms with E-state index in [1.807, 2.05) is 28.7 Å². The second kappa shape index (κ2) is 7.63. The highest BCUT2D eigenvalue weighted by Crippen LogP contribution is 2.26. The predicted octanol–water partition coefficient (Wildman–Crippen LogP) is 3.74. The molecule has 5 heteroatoms. The van der Waals surface area contributed by atoms with Crippen molar-refractivity contribution >= 4 is 11.4 Å². The minimum atomic E-state index is 0.0220. The van der Waals surface area contributed by atoms with Crippen LogP contribution in [0.25, 0.3) is 16.6 Å². The van der Waals surface area contributed by atoms with Gasteiger partial charge in [0.25, 0.3) is 0 Å². The van der Waals surface area contributed by atoms with E-state index in [1.54, 1.807) is 12.5 Å². The lowest BCUT2D eigenvalue weighted by molar-refractivity contribution is -0.121. The van der Waals surface area contributed by atoms with E-state index in [4.69, 9.17) is 5.26 Å². The lowest BCUT2D eigenvalue weighted by Crippen LogP contribution is -2.38. The molecule has 0 atom stereocenters. The number of amides is 1. The number of nitriles is 1. The molecule has 1 aliphatic rings. The van der Waals surface area contributed by atoms with E-state index in [0.29, 0.717) is 6.42 Å². The number of carbonyl (C=O) groups is 1. The molecule has 4 rings (SSSR count). The molecular formula is C22H22N4O. The number of rotatable bonds is 4. The molecule has 0 spiro atoms. The quantitative estimate of drug-likeness (QED) is 0.772.